The highest BCUT2D eigenvalue weighted by molar-refractivity contribution is 7.92. The molecule has 90 valence electrons. The van der Waals surface area contributed by atoms with Crippen LogP contribution in [-0.2, 0) is 10.0 Å². The molecule has 0 atom stereocenters. The van der Waals surface area contributed by atoms with Crippen molar-refractivity contribution in [3.05, 3.63) is 18.3 Å². The predicted molar refractivity (Wildman–Crippen MR) is 65.5 cm³/mol. The third-order valence-electron chi connectivity index (χ3n) is 2.01. The fourth-order valence-electron chi connectivity index (χ4n) is 1.07. The molecule has 0 unspecified atom stereocenters. The number of rotatable bonds is 5. The van der Waals surface area contributed by atoms with Gasteiger partial charge in [-0.15, -0.1) is 0 Å². The number of aromatic nitrogens is 1. The molecule has 16 heavy (non-hydrogen) atoms. The number of nitrogens with two attached hydrogens (primary N) is 1. The molecule has 1 aromatic heterocycles. The van der Waals surface area contributed by atoms with Crippen molar-refractivity contribution in [2.45, 2.75) is 20.3 Å². The van der Waals surface area contributed by atoms with E-state index in [9.17, 15) is 8.42 Å². The summed E-state index contributed by atoms with van der Waals surface area (Å²) in [6, 6.07) is 3.15. The lowest BCUT2D eigenvalue weighted by molar-refractivity contribution is 0.578. The summed E-state index contributed by atoms with van der Waals surface area (Å²) in [5, 5.41) is 0. The third-order valence-corrected chi connectivity index (χ3v) is 3.30. The van der Waals surface area contributed by atoms with E-state index < -0.39 is 10.0 Å². The third kappa shape index (κ3) is 4.48. The molecular weight excluding hydrogens is 226 g/mol. The number of pyridine rings is 1. The molecule has 0 aromatic carbocycles. The number of hydrogen-bond acceptors (Lipinski definition) is 4. The minimum absolute atomic E-state index is 0.108. The van der Waals surface area contributed by atoms with Crippen LogP contribution in [0.2, 0.25) is 0 Å². The van der Waals surface area contributed by atoms with Crippen LogP contribution in [0.15, 0.2) is 18.3 Å². The molecule has 0 radical (unpaired) electrons. The lowest BCUT2D eigenvalue weighted by atomic mass is 10.2. The van der Waals surface area contributed by atoms with E-state index >= 15 is 0 Å². The van der Waals surface area contributed by atoms with Crippen molar-refractivity contribution in [1.29, 1.82) is 0 Å². The van der Waals surface area contributed by atoms with E-state index in [1.165, 1.54) is 6.20 Å². The maximum Gasteiger partial charge on any atom is 0.233 e. The summed E-state index contributed by atoms with van der Waals surface area (Å²) in [7, 11) is -3.30. The van der Waals surface area contributed by atoms with Gasteiger partial charge in [-0.3, -0.25) is 4.72 Å². The number of nitrogens with zero attached hydrogens (tertiary/aromatic N) is 1. The van der Waals surface area contributed by atoms with Crippen molar-refractivity contribution >= 4 is 21.5 Å². The highest BCUT2D eigenvalue weighted by Crippen LogP contribution is 2.10. The van der Waals surface area contributed by atoms with Crippen LogP contribution in [0, 0.1) is 5.92 Å². The zero-order chi connectivity index (χ0) is 12.2. The first-order valence-electron chi connectivity index (χ1n) is 5.11. The fourth-order valence-corrected chi connectivity index (χ4v) is 2.39. The lowest BCUT2D eigenvalue weighted by Gasteiger charge is -2.08. The maximum absolute atomic E-state index is 11.6. The molecule has 0 saturated heterocycles. The second-order valence-electron chi connectivity index (χ2n) is 4.08. The van der Waals surface area contributed by atoms with Crippen molar-refractivity contribution in [3.8, 4) is 0 Å². The lowest BCUT2D eigenvalue weighted by Crippen LogP contribution is -2.18. The van der Waals surface area contributed by atoms with Crippen LogP contribution in [0.25, 0.3) is 0 Å². The Labute approximate surface area is 96.1 Å². The second kappa shape index (κ2) is 5.16. The first-order chi connectivity index (χ1) is 7.39. The van der Waals surface area contributed by atoms with Crippen LogP contribution < -0.4 is 10.5 Å². The van der Waals surface area contributed by atoms with Gasteiger partial charge in [-0.1, -0.05) is 13.8 Å². The minimum atomic E-state index is -3.30. The van der Waals surface area contributed by atoms with E-state index in [0.717, 1.165) is 0 Å². The number of sulfonamides is 1. The first kappa shape index (κ1) is 12.8. The Kier molecular flexibility index (Phi) is 4.12. The quantitative estimate of drug-likeness (QED) is 0.819. The first-order valence-corrected chi connectivity index (χ1v) is 6.76. The summed E-state index contributed by atoms with van der Waals surface area (Å²) in [5.74, 6) is 0.769. The average Bonchev–Trinajstić information content (AvgIpc) is 2.19. The highest BCUT2D eigenvalue weighted by Gasteiger charge is 2.11. The maximum atomic E-state index is 11.6. The van der Waals surface area contributed by atoms with E-state index in [1.54, 1.807) is 12.1 Å². The molecule has 0 amide bonds. The highest BCUT2D eigenvalue weighted by atomic mass is 32.2. The zero-order valence-corrected chi connectivity index (χ0v) is 10.3. The summed E-state index contributed by atoms with van der Waals surface area (Å²) in [5.41, 5.74) is 5.95. The van der Waals surface area contributed by atoms with Gasteiger partial charge < -0.3 is 5.73 Å². The van der Waals surface area contributed by atoms with Crippen LogP contribution in [0.3, 0.4) is 0 Å². The van der Waals surface area contributed by atoms with Gasteiger partial charge in [-0.05, 0) is 24.5 Å². The van der Waals surface area contributed by atoms with Crippen LogP contribution in [-0.4, -0.2) is 19.2 Å². The van der Waals surface area contributed by atoms with Gasteiger partial charge in [0, 0.05) is 0 Å². The topological polar surface area (TPSA) is 85.1 Å². The Hall–Kier alpha value is -1.30. The predicted octanol–water partition coefficient (Wildman–Crippen LogP) is 1.45. The van der Waals surface area contributed by atoms with Crippen LogP contribution in [0.4, 0.5) is 11.5 Å². The Morgan fingerprint density at radius 3 is 2.62 bits per heavy atom. The van der Waals surface area contributed by atoms with E-state index in [-0.39, 0.29) is 5.75 Å². The van der Waals surface area contributed by atoms with Gasteiger partial charge in [-0.25, -0.2) is 13.4 Å². The van der Waals surface area contributed by atoms with Crippen molar-refractivity contribution in [1.82, 2.24) is 4.98 Å². The van der Waals surface area contributed by atoms with E-state index in [2.05, 4.69) is 9.71 Å². The normalized spacial score (nSPS) is 11.7. The molecule has 5 nitrogen and oxygen atoms in total. The summed E-state index contributed by atoms with van der Waals surface area (Å²) in [6.45, 7) is 3.97. The Bertz CT molecular complexity index is 426. The molecule has 1 heterocycles. The Balaban J connectivity index is 2.62. The van der Waals surface area contributed by atoms with Gasteiger partial charge in [0.05, 0.1) is 17.6 Å². The summed E-state index contributed by atoms with van der Waals surface area (Å²) in [6.07, 6.45) is 2.05. The Morgan fingerprint density at radius 1 is 1.44 bits per heavy atom. The fraction of sp³-hybridized carbons (Fsp3) is 0.500. The number of hydrogen-bond donors (Lipinski definition) is 2. The molecule has 3 N–H and O–H groups in total. The van der Waals surface area contributed by atoms with Gasteiger partial charge in [0.25, 0.3) is 0 Å². The summed E-state index contributed by atoms with van der Waals surface area (Å²) < 4.78 is 25.6. The number of nitrogen functional groups attached to an aromatic ring is 1. The molecule has 0 spiro atoms. The zero-order valence-electron chi connectivity index (χ0n) is 9.47. The molecular formula is C10H17N3O2S. The average molecular weight is 243 g/mol. The smallest absolute Gasteiger partial charge is 0.233 e. The summed E-state index contributed by atoms with van der Waals surface area (Å²) in [4.78, 5) is 3.88. The van der Waals surface area contributed by atoms with Gasteiger partial charge in [0.15, 0.2) is 0 Å². The summed E-state index contributed by atoms with van der Waals surface area (Å²) >= 11 is 0. The van der Waals surface area contributed by atoms with Crippen molar-refractivity contribution in [2.75, 3.05) is 16.2 Å². The SMILES string of the molecule is CC(C)CCS(=O)(=O)Nc1ccc(N)cn1. The molecule has 0 fully saturated rings. The van der Waals surface area contributed by atoms with Gasteiger partial charge in [-0.2, -0.15) is 0 Å². The Morgan fingerprint density at radius 2 is 2.12 bits per heavy atom. The number of nitrogens with one attached hydrogen (secondary N) is 1. The largest absolute Gasteiger partial charge is 0.397 e. The molecule has 0 saturated carbocycles. The monoisotopic (exact) mass is 243 g/mol. The van der Waals surface area contributed by atoms with Crippen molar-refractivity contribution < 1.29 is 8.42 Å². The van der Waals surface area contributed by atoms with Crippen LogP contribution >= 0.6 is 0 Å². The molecule has 0 aliphatic carbocycles. The molecule has 0 aliphatic heterocycles. The van der Waals surface area contributed by atoms with Crippen LogP contribution in [0.5, 0.6) is 0 Å². The van der Waals surface area contributed by atoms with Gasteiger partial charge in [0.1, 0.15) is 5.82 Å². The molecule has 0 aliphatic rings. The molecule has 1 rings (SSSR count). The number of anilines is 2. The van der Waals surface area contributed by atoms with E-state index in [1.807, 2.05) is 13.8 Å². The second-order valence-corrected chi connectivity index (χ2v) is 5.92. The van der Waals surface area contributed by atoms with Gasteiger partial charge in [0.2, 0.25) is 10.0 Å². The standard InChI is InChI=1S/C10H17N3O2S/c1-8(2)5-6-16(14,15)13-10-4-3-9(11)7-12-10/h3-4,7-8H,5-6,11H2,1-2H3,(H,12,13). The molecule has 0 bridgehead atoms. The van der Waals surface area contributed by atoms with E-state index in [4.69, 9.17) is 5.73 Å². The van der Waals surface area contributed by atoms with Crippen molar-refractivity contribution in [3.63, 3.8) is 0 Å². The van der Waals surface area contributed by atoms with Gasteiger partial charge >= 0.3 is 0 Å². The molecule has 1 aromatic rings. The van der Waals surface area contributed by atoms with Crippen LogP contribution in [0.1, 0.15) is 20.3 Å². The van der Waals surface area contributed by atoms with E-state index in [0.29, 0.717) is 23.8 Å². The molecule has 6 heteroatoms. The van der Waals surface area contributed by atoms with Crippen molar-refractivity contribution in [2.24, 2.45) is 5.92 Å². The minimum Gasteiger partial charge on any atom is -0.397 e.